The van der Waals surface area contributed by atoms with Crippen molar-refractivity contribution in [3.8, 4) is 5.75 Å². The lowest BCUT2D eigenvalue weighted by Crippen LogP contribution is -2.46. The fraction of sp³-hybridized carbons (Fsp3) is 0.375. The topological polar surface area (TPSA) is 58.4 Å². The molecule has 0 saturated heterocycles. The first-order valence-electron chi connectivity index (χ1n) is 10.5. The summed E-state index contributed by atoms with van der Waals surface area (Å²) in [5, 5.41) is 3.16. The third-order valence-electron chi connectivity index (χ3n) is 5.66. The molecule has 0 spiro atoms. The van der Waals surface area contributed by atoms with E-state index in [0.29, 0.717) is 4.91 Å². The number of allylic oxidation sites excluding steroid dienone is 3. The number of nitrogens with zero attached hydrogens (tertiary/aromatic N) is 1. The van der Waals surface area contributed by atoms with Gasteiger partial charge in [-0.15, -0.1) is 4.58 Å². The summed E-state index contributed by atoms with van der Waals surface area (Å²) in [4.78, 5) is 26.7. The molecule has 2 amide bonds. The van der Waals surface area contributed by atoms with Crippen molar-refractivity contribution in [1.29, 1.82) is 0 Å². The van der Waals surface area contributed by atoms with Crippen LogP contribution in [0.15, 0.2) is 53.5 Å². The van der Waals surface area contributed by atoms with Crippen molar-refractivity contribution in [3.63, 3.8) is 0 Å². The molecule has 1 atom stereocenters. The van der Waals surface area contributed by atoms with Crippen LogP contribution in [0.4, 0.5) is 0 Å². The lowest BCUT2D eigenvalue weighted by Gasteiger charge is -2.23. The van der Waals surface area contributed by atoms with E-state index in [4.69, 9.17) is 4.74 Å². The van der Waals surface area contributed by atoms with Crippen LogP contribution in [0.25, 0.3) is 6.08 Å². The Morgan fingerprint density at radius 2 is 1.97 bits per heavy atom. The van der Waals surface area contributed by atoms with Crippen LogP contribution in [0.2, 0.25) is 0 Å². The highest BCUT2D eigenvalue weighted by molar-refractivity contribution is 8.05. The first kappa shape index (κ1) is 20.7. The number of hydrogen-bond donors (Lipinski definition) is 1. The molecule has 0 radical (unpaired) electrons. The lowest BCUT2D eigenvalue weighted by molar-refractivity contribution is -0.434. The Morgan fingerprint density at radius 1 is 1.20 bits per heavy atom. The average molecular weight is 424 g/mol. The van der Waals surface area contributed by atoms with Crippen LogP contribution in [0, 0.1) is 0 Å². The first-order valence-corrected chi connectivity index (χ1v) is 11.4. The zero-order valence-electron chi connectivity index (χ0n) is 17.2. The second kappa shape index (κ2) is 9.47. The van der Waals surface area contributed by atoms with Gasteiger partial charge in [0.15, 0.2) is 0 Å². The predicted molar refractivity (Wildman–Crippen MR) is 121 cm³/mol. The molecule has 2 aliphatic carbocycles. The monoisotopic (exact) mass is 423 g/mol. The van der Waals surface area contributed by atoms with Crippen molar-refractivity contribution in [2.75, 3.05) is 13.7 Å². The Bertz CT molecular complexity index is 938. The number of benzene rings is 1. The number of methoxy groups -OCH3 is 1. The molecule has 1 unspecified atom stereocenters. The highest BCUT2D eigenvalue weighted by atomic mass is 32.2. The number of fused-ring (bicyclic) bond motifs is 1. The van der Waals surface area contributed by atoms with E-state index in [1.165, 1.54) is 18.2 Å². The summed E-state index contributed by atoms with van der Waals surface area (Å²) < 4.78 is 6.84. The van der Waals surface area contributed by atoms with Crippen molar-refractivity contribution in [2.24, 2.45) is 0 Å². The predicted octanol–water partition coefficient (Wildman–Crippen LogP) is 3.71. The molecule has 30 heavy (non-hydrogen) atoms. The number of rotatable bonds is 5. The molecule has 1 aliphatic heterocycles. The van der Waals surface area contributed by atoms with E-state index in [1.807, 2.05) is 48.6 Å². The van der Waals surface area contributed by atoms with Crippen LogP contribution < -0.4 is 10.1 Å². The maximum atomic E-state index is 13.3. The van der Waals surface area contributed by atoms with Crippen LogP contribution in [-0.4, -0.2) is 47.0 Å². The summed E-state index contributed by atoms with van der Waals surface area (Å²) in [7, 11) is 1.63. The number of ether oxygens (including phenoxy) is 1. The smallest absolute Gasteiger partial charge is 0.426 e. The van der Waals surface area contributed by atoms with Gasteiger partial charge in [0.05, 0.1) is 7.11 Å². The summed E-state index contributed by atoms with van der Waals surface area (Å²) in [6, 6.07) is 7.84. The molecule has 5 nitrogen and oxygen atoms in total. The van der Waals surface area contributed by atoms with Crippen molar-refractivity contribution >= 4 is 35.4 Å². The van der Waals surface area contributed by atoms with Crippen LogP contribution in [0.3, 0.4) is 0 Å². The maximum Gasteiger partial charge on any atom is 0.426 e. The van der Waals surface area contributed by atoms with E-state index in [2.05, 4.69) is 11.4 Å². The molecule has 3 aliphatic rings. The Hall–Kier alpha value is -2.60. The Labute approximate surface area is 181 Å². The van der Waals surface area contributed by atoms with E-state index < -0.39 is 0 Å². The third-order valence-corrected chi connectivity index (χ3v) is 6.86. The minimum absolute atomic E-state index is 0.0275. The van der Waals surface area contributed by atoms with Gasteiger partial charge >= 0.3 is 5.91 Å². The van der Waals surface area contributed by atoms with Gasteiger partial charge in [-0.1, -0.05) is 61.4 Å². The molecular weight excluding hydrogens is 396 g/mol. The van der Waals surface area contributed by atoms with Crippen molar-refractivity contribution < 1.29 is 18.9 Å². The van der Waals surface area contributed by atoms with Crippen LogP contribution in [-0.2, 0) is 9.59 Å². The molecule has 1 saturated carbocycles. The molecule has 156 valence electrons. The fourth-order valence-corrected chi connectivity index (χ4v) is 5.25. The lowest BCUT2D eigenvalue weighted by atomic mass is 9.95. The van der Waals surface area contributed by atoms with Gasteiger partial charge in [0, 0.05) is 12.1 Å². The minimum atomic E-state index is -0.124. The molecule has 0 aromatic heterocycles. The van der Waals surface area contributed by atoms with Crippen molar-refractivity contribution in [1.82, 2.24) is 5.32 Å². The average Bonchev–Trinajstić information content (AvgIpc) is 2.78. The van der Waals surface area contributed by atoms with Gasteiger partial charge < -0.3 is 10.1 Å². The molecule has 1 N–H and O–H groups in total. The summed E-state index contributed by atoms with van der Waals surface area (Å²) >= 11 is 1.53. The van der Waals surface area contributed by atoms with Crippen molar-refractivity contribution in [3.05, 3.63) is 59.0 Å². The van der Waals surface area contributed by atoms with Crippen LogP contribution >= 0.6 is 11.8 Å². The number of amides is 2. The SMILES string of the molecule is COc1ccc(/C=C2\SC3C=CC=CC3=[N+](CC(=O)NC3CCCCC3)C2=O)cc1. The molecule has 1 aromatic carbocycles. The molecule has 0 bridgehead atoms. The van der Waals surface area contributed by atoms with E-state index in [1.54, 1.807) is 11.7 Å². The molecular formula is C24H27N2O3S+. The van der Waals surface area contributed by atoms with Gasteiger partial charge in [-0.05, 0) is 36.6 Å². The number of nitrogens with one attached hydrogen (secondary N) is 1. The molecule has 4 rings (SSSR count). The van der Waals surface area contributed by atoms with Gasteiger partial charge in [0.1, 0.15) is 15.9 Å². The van der Waals surface area contributed by atoms with E-state index in [0.717, 1.165) is 42.7 Å². The van der Waals surface area contributed by atoms with Crippen LogP contribution in [0.5, 0.6) is 5.75 Å². The zero-order valence-corrected chi connectivity index (χ0v) is 18.0. The van der Waals surface area contributed by atoms with Gasteiger partial charge in [-0.3, -0.25) is 4.79 Å². The van der Waals surface area contributed by atoms with Crippen LogP contribution in [0.1, 0.15) is 37.7 Å². The van der Waals surface area contributed by atoms with E-state index >= 15 is 0 Å². The standard InChI is InChI=1S/C24H26N2O3S/c1-29-19-13-11-17(12-14-19)15-22-24(28)26(20-9-5-6-10-21(20)30-22)16-23(27)25-18-7-3-2-4-8-18/h5-6,9-15,18,21H,2-4,7-8,16H2,1H3/p+1/b22-15-. The molecule has 1 heterocycles. The minimum Gasteiger partial charge on any atom is -0.497 e. The van der Waals surface area contributed by atoms with Gasteiger partial charge in [0.2, 0.25) is 12.3 Å². The van der Waals surface area contributed by atoms with Gasteiger partial charge in [0.25, 0.3) is 5.91 Å². The summed E-state index contributed by atoms with van der Waals surface area (Å²) in [6.45, 7) is 0.0554. The molecule has 1 aromatic rings. The van der Waals surface area contributed by atoms with Gasteiger partial charge in [-0.2, -0.15) is 0 Å². The van der Waals surface area contributed by atoms with E-state index in [-0.39, 0.29) is 29.7 Å². The van der Waals surface area contributed by atoms with Gasteiger partial charge in [-0.25, -0.2) is 4.79 Å². The Balaban J connectivity index is 1.56. The van der Waals surface area contributed by atoms with Crippen molar-refractivity contribution in [2.45, 2.75) is 43.4 Å². The summed E-state index contributed by atoms with van der Waals surface area (Å²) in [5.41, 5.74) is 1.80. The quantitative estimate of drug-likeness (QED) is 0.579. The van der Waals surface area contributed by atoms with E-state index in [9.17, 15) is 9.59 Å². The number of carbonyl (C=O) groups is 2. The third kappa shape index (κ3) is 4.75. The second-order valence-electron chi connectivity index (χ2n) is 7.78. The Kier molecular flexibility index (Phi) is 6.53. The highest BCUT2D eigenvalue weighted by Gasteiger charge is 2.39. The Morgan fingerprint density at radius 3 is 2.70 bits per heavy atom. The molecule has 6 heteroatoms. The number of carbonyl (C=O) groups excluding carboxylic acids is 2. The zero-order chi connectivity index (χ0) is 20.9. The normalized spacial score (nSPS) is 22.9. The first-order chi connectivity index (χ1) is 14.6. The second-order valence-corrected chi connectivity index (χ2v) is 8.97. The largest absolute Gasteiger partial charge is 0.497 e. The number of thioether (sulfide) groups is 1. The number of hydrogen-bond acceptors (Lipinski definition) is 4. The molecule has 1 fully saturated rings. The maximum absolute atomic E-state index is 13.3. The summed E-state index contributed by atoms with van der Waals surface area (Å²) in [5.74, 6) is 0.567. The summed E-state index contributed by atoms with van der Waals surface area (Å²) in [6.07, 6.45) is 15.4. The fourth-order valence-electron chi connectivity index (χ4n) is 4.07. The highest BCUT2D eigenvalue weighted by Crippen LogP contribution is 2.33.